The molecule has 0 bridgehead atoms. The van der Waals surface area contributed by atoms with E-state index < -0.39 is 11.4 Å². The Hall–Kier alpha value is -1.30. The third-order valence-corrected chi connectivity index (χ3v) is 9.45. The lowest BCUT2D eigenvalue weighted by Crippen LogP contribution is -2.62. The quantitative estimate of drug-likeness (QED) is 0.633. The summed E-state index contributed by atoms with van der Waals surface area (Å²) in [5.74, 6) is 0.0562. The van der Waals surface area contributed by atoms with Gasteiger partial charge in [-0.25, -0.2) is 0 Å². The minimum Gasteiger partial charge on any atom is -0.364 e. The fourth-order valence-electron chi connectivity index (χ4n) is 8.39. The van der Waals surface area contributed by atoms with Crippen LogP contribution in [0.15, 0.2) is 23.8 Å². The van der Waals surface area contributed by atoms with Crippen LogP contribution in [0.2, 0.25) is 0 Å². The van der Waals surface area contributed by atoms with Gasteiger partial charge in [0.05, 0.1) is 12.2 Å². The number of ketones is 2. The summed E-state index contributed by atoms with van der Waals surface area (Å²) >= 11 is 0. The Morgan fingerprint density at radius 2 is 1.86 bits per heavy atom. The molecule has 5 nitrogen and oxygen atoms in total. The van der Waals surface area contributed by atoms with Crippen molar-refractivity contribution in [2.75, 3.05) is 0 Å². The lowest BCUT2D eigenvalue weighted by molar-refractivity contribution is -0.209. The van der Waals surface area contributed by atoms with Crippen molar-refractivity contribution >= 4 is 11.6 Å². The van der Waals surface area contributed by atoms with Gasteiger partial charge in [0.15, 0.2) is 23.0 Å². The SMILES string of the molecule is CC(=O)[C@@]12OC(C)(C)O[C@@H]1CC1C3CCC4=CC(=O)C=CC4(C)[C@@]34O[C@H]4CC12C. The summed E-state index contributed by atoms with van der Waals surface area (Å²) in [6, 6.07) is 0. The fourth-order valence-corrected chi connectivity index (χ4v) is 8.39. The number of rotatable bonds is 1. The Morgan fingerprint density at radius 3 is 2.59 bits per heavy atom. The van der Waals surface area contributed by atoms with E-state index in [0.29, 0.717) is 11.8 Å². The third-order valence-electron chi connectivity index (χ3n) is 9.45. The average Bonchev–Trinajstić information content (AvgIpc) is 3.19. The smallest absolute Gasteiger partial charge is 0.178 e. The van der Waals surface area contributed by atoms with Gasteiger partial charge in [-0.3, -0.25) is 9.59 Å². The molecule has 2 aliphatic heterocycles. The summed E-state index contributed by atoms with van der Waals surface area (Å²) in [6.07, 6.45) is 9.04. The molecule has 4 unspecified atom stereocenters. The highest BCUT2D eigenvalue weighted by Gasteiger charge is 2.84. The number of epoxide rings is 1. The molecule has 0 N–H and O–H groups in total. The van der Waals surface area contributed by atoms with E-state index in [2.05, 4.69) is 19.9 Å². The molecule has 6 rings (SSSR count). The van der Waals surface area contributed by atoms with Crippen LogP contribution in [0.25, 0.3) is 0 Å². The maximum Gasteiger partial charge on any atom is 0.178 e. The van der Waals surface area contributed by atoms with Crippen LogP contribution < -0.4 is 0 Å². The van der Waals surface area contributed by atoms with Gasteiger partial charge in [-0.15, -0.1) is 0 Å². The van der Waals surface area contributed by atoms with Gasteiger partial charge in [0.2, 0.25) is 0 Å². The number of carbonyl (C=O) groups is 2. The highest BCUT2D eigenvalue weighted by molar-refractivity contribution is 6.01. The molecular formula is C24H30O5. The molecule has 0 aromatic carbocycles. The molecule has 0 amide bonds. The van der Waals surface area contributed by atoms with Gasteiger partial charge in [0.1, 0.15) is 5.60 Å². The van der Waals surface area contributed by atoms with Crippen LogP contribution in [-0.4, -0.2) is 40.8 Å². The van der Waals surface area contributed by atoms with E-state index in [-0.39, 0.29) is 40.2 Å². The summed E-state index contributed by atoms with van der Waals surface area (Å²) in [5, 5.41) is 0. The van der Waals surface area contributed by atoms with Gasteiger partial charge in [0.25, 0.3) is 0 Å². The Labute approximate surface area is 171 Å². The second kappa shape index (κ2) is 4.95. The van der Waals surface area contributed by atoms with Gasteiger partial charge in [-0.05, 0) is 77.4 Å². The molecule has 0 radical (unpaired) electrons. The first-order valence-electron chi connectivity index (χ1n) is 11.0. The maximum absolute atomic E-state index is 13.1. The normalized spacial score (nSPS) is 55.9. The molecule has 2 heterocycles. The van der Waals surface area contributed by atoms with Crippen molar-refractivity contribution < 1.29 is 23.8 Å². The molecule has 3 saturated carbocycles. The fraction of sp³-hybridized carbons (Fsp3) is 0.750. The van der Waals surface area contributed by atoms with Crippen molar-refractivity contribution in [3.8, 4) is 0 Å². The predicted molar refractivity (Wildman–Crippen MR) is 105 cm³/mol. The number of ether oxygens (including phenoxy) is 3. The van der Waals surface area contributed by atoms with Crippen molar-refractivity contribution in [2.45, 2.75) is 89.5 Å². The van der Waals surface area contributed by atoms with Crippen molar-refractivity contribution in [3.63, 3.8) is 0 Å². The second-order valence-corrected chi connectivity index (χ2v) is 11.0. The molecule has 4 aliphatic carbocycles. The highest BCUT2D eigenvalue weighted by Crippen LogP contribution is 2.77. The van der Waals surface area contributed by atoms with Gasteiger partial charge in [-0.2, -0.15) is 0 Å². The number of Topliss-reactive ketones (excluding diaryl/α,β-unsaturated/α-hetero) is 1. The van der Waals surface area contributed by atoms with E-state index in [9.17, 15) is 9.59 Å². The van der Waals surface area contributed by atoms with E-state index >= 15 is 0 Å². The number of hydrogen-bond donors (Lipinski definition) is 0. The minimum absolute atomic E-state index is 0.0805. The van der Waals surface area contributed by atoms with Gasteiger partial charge in [0, 0.05) is 10.8 Å². The molecule has 6 aliphatic rings. The summed E-state index contributed by atoms with van der Waals surface area (Å²) in [7, 11) is 0. The lowest BCUT2D eigenvalue weighted by Gasteiger charge is -2.56. The summed E-state index contributed by atoms with van der Waals surface area (Å²) in [6.45, 7) is 9.97. The largest absolute Gasteiger partial charge is 0.364 e. The molecule has 8 atom stereocenters. The van der Waals surface area contributed by atoms with Gasteiger partial charge >= 0.3 is 0 Å². The molecule has 156 valence electrons. The van der Waals surface area contributed by atoms with Crippen LogP contribution in [0.3, 0.4) is 0 Å². The molecule has 5 fully saturated rings. The van der Waals surface area contributed by atoms with Crippen molar-refractivity contribution in [3.05, 3.63) is 23.8 Å². The van der Waals surface area contributed by atoms with Crippen LogP contribution in [0.5, 0.6) is 0 Å². The zero-order chi connectivity index (χ0) is 20.6. The van der Waals surface area contributed by atoms with Gasteiger partial charge in [-0.1, -0.05) is 18.6 Å². The van der Waals surface area contributed by atoms with Crippen LogP contribution in [0.4, 0.5) is 0 Å². The summed E-state index contributed by atoms with van der Waals surface area (Å²) < 4.78 is 19.4. The number of hydrogen-bond acceptors (Lipinski definition) is 5. The standard InChI is InChI=1S/C24H30O5/c1-13(25)23-18(27-20(2,3)29-23)11-17-16-7-6-14-10-15(26)8-9-21(14,4)24(16)19(28-24)12-22(17,23)5/h8-10,16-19H,6-7,11-12H2,1-5H3/t16?,17?,18-,19+,21?,22?,23-,24-/m1/s1. The number of fused-ring (bicyclic) bond motifs is 5. The Morgan fingerprint density at radius 1 is 1.10 bits per heavy atom. The Bertz CT molecular complexity index is 916. The van der Waals surface area contributed by atoms with Crippen molar-refractivity contribution in [1.29, 1.82) is 0 Å². The van der Waals surface area contributed by atoms with Crippen LogP contribution in [0.1, 0.15) is 60.3 Å². The van der Waals surface area contributed by atoms with Crippen molar-refractivity contribution in [1.82, 2.24) is 0 Å². The Kier molecular flexibility index (Phi) is 3.15. The van der Waals surface area contributed by atoms with Crippen LogP contribution >= 0.6 is 0 Å². The lowest BCUT2D eigenvalue weighted by atomic mass is 9.47. The van der Waals surface area contributed by atoms with E-state index in [1.165, 1.54) is 5.57 Å². The predicted octanol–water partition coefficient (Wildman–Crippen LogP) is 3.51. The number of allylic oxidation sites excluding steroid dienone is 2. The molecule has 29 heavy (non-hydrogen) atoms. The molecule has 1 spiro atoms. The monoisotopic (exact) mass is 398 g/mol. The zero-order valence-corrected chi connectivity index (χ0v) is 17.9. The first kappa shape index (κ1) is 18.5. The van der Waals surface area contributed by atoms with Gasteiger partial charge < -0.3 is 14.2 Å². The molecule has 0 aromatic rings. The summed E-state index contributed by atoms with van der Waals surface area (Å²) in [4.78, 5) is 25.1. The van der Waals surface area contributed by atoms with Crippen molar-refractivity contribution in [2.24, 2.45) is 22.7 Å². The first-order valence-corrected chi connectivity index (χ1v) is 11.0. The summed E-state index contributed by atoms with van der Waals surface area (Å²) in [5.41, 5.74) is -0.490. The first-order chi connectivity index (χ1) is 13.5. The minimum atomic E-state index is -0.894. The molecular weight excluding hydrogens is 368 g/mol. The number of carbonyl (C=O) groups excluding carboxylic acids is 2. The molecule has 0 aromatic heterocycles. The highest BCUT2D eigenvalue weighted by atomic mass is 16.8. The maximum atomic E-state index is 13.1. The van der Waals surface area contributed by atoms with E-state index in [1.807, 2.05) is 19.9 Å². The van der Waals surface area contributed by atoms with Crippen LogP contribution in [-0.2, 0) is 23.8 Å². The second-order valence-electron chi connectivity index (χ2n) is 11.0. The third kappa shape index (κ3) is 1.82. The zero-order valence-electron chi connectivity index (χ0n) is 17.9. The van der Waals surface area contributed by atoms with Crippen LogP contribution in [0, 0.1) is 22.7 Å². The molecule has 2 saturated heterocycles. The average molecular weight is 398 g/mol. The Balaban J connectivity index is 1.46. The van der Waals surface area contributed by atoms with E-state index in [1.54, 1.807) is 13.0 Å². The molecule has 5 heteroatoms. The topological polar surface area (TPSA) is 65.1 Å². The van der Waals surface area contributed by atoms with E-state index in [0.717, 1.165) is 25.7 Å². The van der Waals surface area contributed by atoms with E-state index in [4.69, 9.17) is 14.2 Å².